The molecule has 2 aromatic rings. The molecule has 1 atom stereocenters. The molecule has 1 aromatic carbocycles. The van der Waals surface area contributed by atoms with E-state index in [2.05, 4.69) is 48.1 Å². The standard InChI is InChI=1S/C14H15BrN2O2S/c1-8-6-12(10(3)20-8)9(2)16-14-7-11(17(18)19)4-5-13(14)15/h4-7,9,16H,1-3H3. The molecule has 0 bridgehead atoms. The minimum atomic E-state index is -0.387. The van der Waals surface area contributed by atoms with Gasteiger partial charge in [-0.2, -0.15) is 0 Å². The molecule has 0 aliphatic carbocycles. The molecular weight excluding hydrogens is 340 g/mol. The average Bonchev–Trinajstić information content (AvgIpc) is 2.71. The highest BCUT2D eigenvalue weighted by Crippen LogP contribution is 2.33. The van der Waals surface area contributed by atoms with Crippen LogP contribution >= 0.6 is 27.3 Å². The van der Waals surface area contributed by atoms with E-state index < -0.39 is 0 Å². The van der Waals surface area contributed by atoms with Crippen molar-refractivity contribution in [2.45, 2.75) is 26.8 Å². The summed E-state index contributed by atoms with van der Waals surface area (Å²) >= 11 is 5.18. The Balaban J connectivity index is 2.27. The number of aryl methyl sites for hydroxylation is 2. The van der Waals surface area contributed by atoms with E-state index in [1.54, 1.807) is 23.5 Å². The van der Waals surface area contributed by atoms with Gasteiger partial charge in [-0.1, -0.05) is 0 Å². The van der Waals surface area contributed by atoms with Crippen molar-refractivity contribution in [1.29, 1.82) is 0 Å². The van der Waals surface area contributed by atoms with Gasteiger partial charge in [0.15, 0.2) is 0 Å². The summed E-state index contributed by atoms with van der Waals surface area (Å²) in [6, 6.07) is 6.98. The van der Waals surface area contributed by atoms with Crippen LogP contribution in [-0.2, 0) is 0 Å². The molecule has 1 N–H and O–H groups in total. The van der Waals surface area contributed by atoms with E-state index in [0.29, 0.717) is 0 Å². The fourth-order valence-corrected chi connectivity index (χ4v) is 3.51. The topological polar surface area (TPSA) is 55.2 Å². The molecular formula is C14H15BrN2O2S. The zero-order chi connectivity index (χ0) is 14.9. The van der Waals surface area contributed by atoms with Gasteiger partial charge in [-0.3, -0.25) is 10.1 Å². The number of benzene rings is 1. The first-order valence-corrected chi connectivity index (χ1v) is 7.77. The highest BCUT2D eigenvalue weighted by atomic mass is 79.9. The third kappa shape index (κ3) is 3.19. The maximum Gasteiger partial charge on any atom is 0.271 e. The van der Waals surface area contributed by atoms with Gasteiger partial charge >= 0.3 is 0 Å². The van der Waals surface area contributed by atoms with Gasteiger partial charge in [0, 0.05) is 32.4 Å². The van der Waals surface area contributed by atoms with Gasteiger partial charge in [0.05, 0.1) is 10.6 Å². The normalized spacial score (nSPS) is 12.2. The Kier molecular flexibility index (Phi) is 4.45. The van der Waals surface area contributed by atoms with Gasteiger partial charge in [0.2, 0.25) is 0 Å². The van der Waals surface area contributed by atoms with Crippen molar-refractivity contribution in [3.05, 3.63) is 54.2 Å². The monoisotopic (exact) mass is 354 g/mol. The second-order valence-electron chi connectivity index (χ2n) is 4.66. The zero-order valence-corrected chi connectivity index (χ0v) is 13.8. The first-order chi connectivity index (χ1) is 9.38. The van der Waals surface area contributed by atoms with E-state index in [0.717, 1.165) is 10.2 Å². The molecule has 1 aromatic heterocycles. The van der Waals surface area contributed by atoms with E-state index >= 15 is 0 Å². The summed E-state index contributed by atoms with van der Waals surface area (Å²) in [5, 5.41) is 14.2. The summed E-state index contributed by atoms with van der Waals surface area (Å²) < 4.78 is 0.819. The Bertz CT molecular complexity index is 655. The van der Waals surface area contributed by atoms with Crippen LogP contribution in [0.25, 0.3) is 0 Å². The van der Waals surface area contributed by atoms with Crippen molar-refractivity contribution < 1.29 is 4.92 Å². The third-order valence-corrected chi connectivity index (χ3v) is 4.75. The number of hydrogen-bond acceptors (Lipinski definition) is 4. The number of nitrogens with one attached hydrogen (secondary N) is 1. The van der Waals surface area contributed by atoms with Gasteiger partial charge < -0.3 is 5.32 Å². The van der Waals surface area contributed by atoms with Gasteiger partial charge in [-0.15, -0.1) is 11.3 Å². The van der Waals surface area contributed by atoms with Crippen LogP contribution in [0.4, 0.5) is 11.4 Å². The molecule has 2 rings (SSSR count). The van der Waals surface area contributed by atoms with Gasteiger partial charge in [-0.25, -0.2) is 0 Å². The van der Waals surface area contributed by atoms with Crippen molar-refractivity contribution >= 4 is 38.6 Å². The lowest BCUT2D eigenvalue weighted by atomic mass is 10.1. The van der Waals surface area contributed by atoms with Crippen LogP contribution < -0.4 is 5.32 Å². The zero-order valence-electron chi connectivity index (χ0n) is 11.4. The number of nitrogens with zero attached hydrogens (tertiary/aromatic N) is 1. The van der Waals surface area contributed by atoms with E-state index in [1.165, 1.54) is 21.4 Å². The van der Waals surface area contributed by atoms with E-state index in [-0.39, 0.29) is 16.7 Å². The summed E-state index contributed by atoms with van der Waals surface area (Å²) in [5.74, 6) is 0. The maximum absolute atomic E-state index is 10.8. The molecule has 20 heavy (non-hydrogen) atoms. The van der Waals surface area contributed by atoms with Crippen LogP contribution in [-0.4, -0.2) is 4.92 Å². The summed E-state index contributed by atoms with van der Waals surface area (Å²) in [6.45, 7) is 6.23. The molecule has 0 fully saturated rings. The molecule has 0 aliphatic heterocycles. The number of non-ortho nitro benzene ring substituents is 1. The molecule has 0 saturated heterocycles. The Morgan fingerprint density at radius 3 is 2.60 bits per heavy atom. The lowest BCUT2D eigenvalue weighted by Crippen LogP contribution is -2.07. The highest BCUT2D eigenvalue weighted by Gasteiger charge is 2.15. The van der Waals surface area contributed by atoms with Gasteiger partial charge in [-0.05, 0) is 54.4 Å². The second kappa shape index (κ2) is 5.93. The fraction of sp³-hybridized carbons (Fsp3) is 0.286. The Hall–Kier alpha value is -1.40. The van der Waals surface area contributed by atoms with E-state index in [1.807, 2.05) is 0 Å². The number of thiophene rings is 1. The molecule has 0 radical (unpaired) electrons. The molecule has 6 heteroatoms. The molecule has 0 amide bonds. The van der Waals surface area contributed by atoms with Crippen LogP contribution in [0, 0.1) is 24.0 Å². The molecule has 1 heterocycles. The maximum atomic E-state index is 10.8. The Morgan fingerprint density at radius 2 is 2.05 bits per heavy atom. The van der Waals surface area contributed by atoms with Crippen LogP contribution in [0.2, 0.25) is 0 Å². The Labute approximate surface area is 130 Å². The predicted octanol–water partition coefficient (Wildman–Crippen LogP) is 5.21. The third-order valence-electron chi connectivity index (χ3n) is 3.08. The van der Waals surface area contributed by atoms with Crippen molar-refractivity contribution in [1.82, 2.24) is 0 Å². The lowest BCUT2D eigenvalue weighted by molar-refractivity contribution is -0.384. The molecule has 0 saturated carbocycles. The van der Waals surface area contributed by atoms with E-state index in [4.69, 9.17) is 0 Å². The van der Waals surface area contributed by atoms with Crippen LogP contribution in [0.1, 0.15) is 28.3 Å². The minimum Gasteiger partial charge on any atom is -0.377 e. The fourth-order valence-electron chi connectivity index (χ4n) is 2.13. The number of nitro benzene ring substituents is 1. The summed E-state index contributed by atoms with van der Waals surface area (Å²) in [7, 11) is 0. The molecule has 0 spiro atoms. The summed E-state index contributed by atoms with van der Waals surface area (Å²) in [4.78, 5) is 13.0. The van der Waals surface area contributed by atoms with Crippen molar-refractivity contribution in [2.75, 3.05) is 5.32 Å². The number of rotatable bonds is 4. The predicted molar refractivity (Wildman–Crippen MR) is 86.6 cm³/mol. The Morgan fingerprint density at radius 1 is 1.35 bits per heavy atom. The summed E-state index contributed by atoms with van der Waals surface area (Å²) in [5.41, 5.74) is 2.04. The largest absolute Gasteiger partial charge is 0.377 e. The number of anilines is 1. The van der Waals surface area contributed by atoms with Crippen LogP contribution in [0.3, 0.4) is 0 Å². The average molecular weight is 355 g/mol. The minimum absolute atomic E-state index is 0.0844. The van der Waals surface area contributed by atoms with E-state index in [9.17, 15) is 10.1 Å². The molecule has 4 nitrogen and oxygen atoms in total. The number of halogens is 1. The lowest BCUT2D eigenvalue weighted by Gasteiger charge is -2.16. The number of nitro groups is 1. The number of hydrogen-bond donors (Lipinski definition) is 1. The van der Waals surface area contributed by atoms with Crippen LogP contribution in [0.5, 0.6) is 0 Å². The smallest absolute Gasteiger partial charge is 0.271 e. The van der Waals surface area contributed by atoms with Crippen molar-refractivity contribution in [3.63, 3.8) is 0 Å². The molecule has 0 aliphatic rings. The van der Waals surface area contributed by atoms with Gasteiger partial charge in [0.1, 0.15) is 0 Å². The molecule has 106 valence electrons. The van der Waals surface area contributed by atoms with Crippen molar-refractivity contribution in [2.24, 2.45) is 0 Å². The second-order valence-corrected chi connectivity index (χ2v) is 6.97. The SMILES string of the molecule is Cc1cc(C(C)Nc2cc([N+](=O)[O-])ccc2Br)c(C)s1. The molecule has 1 unspecified atom stereocenters. The first kappa shape index (κ1) is 15.0. The van der Waals surface area contributed by atoms with Crippen LogP contribution in [0.15, 0.2) is 28.7 Å². The first-order valence-electron chi connectivity index (χ1n) is 6.16. The van der Waals surface area contributed by atoms with Gasteiger partial charge in [0.25, 0.3) is 5.69 Å². The summed E-state index contributed by atoms with van der Waals surface area (Å²) in [6.07, 6.45) is 0. The highest BCUT2D eigenvalue weighted by molar-refractivity contribution is 9.10. The van der Waals surface area contributed by atoms with Crippen molar-refractivity contribution in [3.8, 4) is 0 Å². The quantitative estimate of drug-likeness (QED) is 0.605.